The largest absolute Gasteiger partial charge is 0.365 e. The molecule has 1 saturated heterocycles. The summed E-state index contributed by atoms with van der Waals surface area (Å²) in [7, 11) is 0. The van der Waals surface area contributed by atoms with Gasteiger partial charge in [-0.1, -0.05) is 19.1 Å². The molecular weight excluding hydrogens is 252 g/mol. The third-order valence-electron chi connectivity index (χ3n) is 3.71. The second kappa shape index (κ2) is 6.86. The van der Waals surface area contributed by atoms with E-state index in [0.717, 1.165) is 25.1 Å². The molecule has 4 heteroatoms. The maximum Gasteiger partial charge on any atom is 0.253 e. The van der Waals surface area contributed by atoms with Gasteiger partial charge >= 0.3 is 0 Å². The maximum absolute atomic E-state index is 12.0. The lowest BCUT2D eigenvalue weighted by Gasteiger charge is -2.14. The molecule has 1 heterocycles. The molecule has 0 aliphatic carbocycles. The average Bonchev–Trinajstić information content (AvgIpc) is 2.86. The lowest BCUT2D eigenvalue weighted by molar-refractivity contribution is -0.126. The summed E-state index contributed by atoms with van der Waals surface area (Å²) in [6.07, 6.45) is 1.65. The van der Waals surface area contributed by atoms with E-state index in [9.17, 15) is 4.79 Å². The second-order valence-electron chi connectivity index (χ2n) is 5.40. The molecule has 1 aliphatic rings. The van der Waals surface area contributed by atoms with Crippen LogP contribution in [0.3, 0.4) is 0 Å². The summed E-state index contributed by atoms with van der Waals surface area (Å²) in [6, 6.07) is 8.30. The number of hydrogen-bond donors (Lipinski definition) is 2. The quantitative estimate of drug-likeness (QED) is 0.869. The van der Waals surface area contributed by atoms with Crippen LogP contribution in [0.2, 0.25) is 0 Å². The Kier molecular flexibility index (Phi) is 5.15. The highest BCUT2D eigenvalue weighted by Gasteiger charge is 2.28. The van der Waals surface area contributed by atoms with Crippen LogP contribution in [0, 0.1) is 0 Å². The molecule has 2 N–H and O–H groups in total. The van der Waals surface area contributed by atoms with Crippen LogP contribution in [0.4, 0.5) is 5.69 Å². The summed E-state index contributed by atoms with van der Waals surface area (Å²) in [5.74, 6) is -0.0400. The number of benzene rings is 1. The van der Waals surface area contributed by atoms with Gasteiger partial charge in [-0.2, -0.15) is 0 Å². The first-order chi connectivity index (χ1) is 9.60. The standard InChI is InChI=1S/C16H24N2O2/c1-4-17-12(3)13-6-8-14(9-7-13)18-16(19)15-10-5-11(2)20-15/h6-9,11-12,15,17H,4-5,10H2,1-3H3,(H,18,19). The Hall–Kier alpha value is -1.39. The van der Waals surface area contributed by atoms with Gasteiger partial charge in [0.05, 0.1) is 6.10 Å². The zero-order valence-corrected chi connectivity index (χ0v) is 12.5. The van der Waals surface area contributed by atoms with Gasteiger partial charge < -0.3 is 15.4 Å². The fourth-order valence-electron chi connectivity index (χ4n) is 2.50. The van der Waals surface area contributed by atoms with E-state index in [1.54, 1.807) is 0 Å². The van der Waals surface area contributed by atoms with Gasteiger partial charge in [-0.3, -0.25) is 4.79 Å². The molecule has 4 nitrogen and oxygen atoms in total. The number of nitrogens with one attached hydrogen (secondary N) is 2. The van der Waals surface area contributed by atoms with E-state index in [1.807, 2.05) is 31.2 Å². The fraction of sp³-hybridized carbons (Fsp3) is 0.562. The van der Waals surface area contributed by atoms with Gasteiger partial charge in [0.25, 0.3) is 5.91 Å². The van der Waals surface area contributed by atoms with Crippen LogP contribution in [-0.4, -0.2) is 24.7 Å². The molecule has 0 radical (unpaired) electrons. The minimum Gasteiger partial charge on any atom is -0.365 e. The van der Waals surface area contributed by atoms with Gasteiger partial charge in [0.15, 0.2) is 0 Å². The molecule has 0 aromatic heterocycles. The summed E-state index contributed by atoms with van der Waals surface area (Å²) >= 11 is 0. The van der Waals surface area contributed by atoms with Gasteiger partial charge in [-0.05, 0) is 50.9 Å². The van der Waals surface area contributed by atoms with Crippen LogP contribution in [0.5, 0.6) is 0 Å². The Labute approximate surface area is 120 Å². The van der Waals surface area contributed by atoms with Crippen molar-refractivity contribution in [3.8, 4) is 0 Å². The monoisotopic (exact) mass is 276 g/mol. The van der Waals surface area contributed by atoms with Crippen molar-refractivity contribution in [2.24, 2.45) is 0 Å². The molecule has 3 unspecified atom stereocenters. The molecule has 110 valence electrons. The molecule has 1 fully saturated rings. The first-order valence-corrected chi connectivity index (χ1v) is 7.39. The molecule has 1 amide bonds. The Morgan fingerprint density at radius 2 is 2.05 bits per heavy atom. The zero-order chi connectivity index (χ0) is 14.5. The number of ether oxygens (including phenoxy) is 1. The van der Waals surface area contributed by atoms with Crippen molar-refractivity contribution in [3.63, 3.8) is 0 Å². The number of hydrogen-bond acceptors (Lipinski definition) is 3. The normalized spacial score (nSPS) is 23.6. The summed E-state index contributed by atoms with van der Waals surface area (Å²) in [5.41, 5.74) is 2.04. The number of carbonyl (C=O) groups excluding carboxylic acids is 1. The van der Waals surface area contributed by atoms with Gasteiger partial charge in [0.1, 0.15) is 6.10 Å². The highest BCUT2D eigenvalue weighted by Crippen LogP contribution is 2.21. The van der Waals surface area contributed by atoms with Crippen LogP contribution < -0.4 is 10.6 Å². The number of rotatable bonds is 5. The molecule has 2 rings (SSSR count). The Morgan fingerprint density at radius 1 is 1.35 bits per heavy atom. The van der Waals surface area contributed by atoms with Gasteiger partial charge in [0.2, 0.25) is 0 Å². The van der Waals surface area contributed by atoms with Crippen LogP contribution in [-0.2, 0) is 9.53 Å². The van der Waals surface area contributed by atoms with E-state index in [4.69, 9.17) is 4.74 Å². The van der Waals surface area contributed by atoms with Crippen molar-refractivity contribution in [2.45, 2.75) is 51.9 Å². The summed E-state index contributed by atoms with van der Waals surface area (Å²) in [4.78, 5) is 12.0. The predicted molar refractivity (Wildman–Crippen MR) is 80.7 cm³/mol. The molecule has 20 heavy (non-hydrogen) atoms. The minimum atomic E-state index is -0.301. The van der Waals surface area contributed by atoms with Gasteiger partial charge in [-0.25, -0.2) is 0 Å². The van der Waals surface area contributed by atoms with Crippen LogP contribution >= 0.6 is 0 Å². The fourth-order valence-corrected chi connectivity index (χ4v) is 2.50. The predicted octanol–water partition coefficient (Wildman–Crippen LogP) is 2.86. The first-order valence-electron chi connectivity index (χ1n) is 7.39. The summed E-state index contributed by atoms with van der Waals surface area (Å²) in [5, 5.41) is 6.28. The third-order valence-corrected chi connectivity index (χ3v) is 3.71. The highest BCUT2D eigenvalue weighted by molar-refractivity contribution is 5.94. The van der Waals surface area contributed by atoms with E-state index in [-0.39, 0.29) is 18.1 Å². The zero-order valence-electron chi connectivity index (χ0n) is 12.5. The van der Waals surface area contributed by atoms with E-state index >= 15 is 0 Å². The molecule has 0 spiro atoms. The lowest BCUT2D eigenvalue weighted by atomic mass is 10.1. The molecular formula is C16H24N2O2. The van der Waals surface area contributed by atoms with Crippen molar-refractivity contribution < 1.29 is 9.53 Å². The van der Waals surface area contributed by atoms with Crippen molar-refractivity contribution in [3.05, 3.63) is 29.8 Å². The molecule has 1 aliphatic heterocycles. The molecule has 0 saturated carbocycles. The SMILES string of the molecule is CCNC(C)c1ccc(NC(=O)C2CCC(C)O2)cc1. The first kappa shape index (κ1) is 15.0. The minimum absolute atomic E-state index is 0.0400. The van der Waals surface area contributed by atoms with Gasteiger partial charge in [-0.15, -0.1) is 0 Å². The number of carbonyl (C=O) groups is 1. The topological polar surface area (TPSA) is 50.4 Å². The van der Waals surface area contributed by atoms with Crippen LogP contribution in [0.15, 0.2) is 24.3 Å². The average molecular weight is 276 g/mol. The Bertz CT molecular complexity index is 444. The highest BCUT2D eigenvalue weighted by atomic mass is 16.5. The van der Waals surface area contributed by atoms with Crippen LogP contribution in [0.1, 0.15) is 45.2 Å². The number of amides is 1. The third kappa shape index (κ3) is 3.81. The molecule has 1 aromatic rings. The van der Waals surface area contributed by atoms with E-state index in [0.29, 0.717) is 6.04 Å². The number of anilines is 1. The maximum atomic E-state index is 12.0. The van der Waals surface area contributed by atoms with Crippen molar-refractivity contribution >= 4 is 11.6 Å². The molecule has 3 atom stereocenters. The van der Waals surface area contributed by atoms with Crippen molar-refractivity contribution in [1.29, 1.82) is 0 Å². The summed E-state index contributed by atoms with van der Waals surface area (Å²) in [6.45, 7) is 7.17. The molecule has 1 aromatic carbocycles. The lowest BCUT2D eigenvalue weighted by Crippen LogP contribution is -2.27. The van der Waals surface area contributed by atoms with Crippen molar-refractivity contribution in [1.82, 2.24) is 5.32 Å². The van der Waals surface area contributed by atoms with E-state index in [1.165, 1.54) is 5.56 Å². The van der Waals surface area contributed by atoms with E-state index in [2.05, 4.69) is 24.5 Å². The second-order valence-corrected chi connectivity index (χ2v) is 5.40. The smallest absolute Gasteiger partial charge is 0.253 e. The van der Waals surface area contributed by atoms with Gasteiger partial charge in [0, 0.05) is 11.7 Å². The molecule has 0 bridgehead atoms. The van der Waals surface area contributed by atoms with Crippen LogP contribution in [0.25, 0.3) is 0 Å². The van der Waals surface area contributed by atoms with E-state index < -0.39 is 0 Å². The Balaban J connectivity index is 1.92. The summed E-state index contributed by atoms with van der Waals surface area (Å²) < 4.78 is 5.57. The Morgan fingerprint density at radius 3 is 2.60 bits per heavy atom. The van der Waals surface area contributed by atoms with Crippen molar-refractivity contribution in [2.75, 3.05) is 11.9 Å².